The van der Waals surface area contributed by atoms with Gasteiger partial charge in [0.25, 0.3) is 10.1 Å². The summed E-state index contributed by atoms with van der Waals surface area (Å²) in [5.41, 5.74) is 0.998. The molecule has 0 saturated carbocycles. The third-order valence-electron chi connectivity index (χ3n) is 3.30. The zero-order valence-electron chi connectivity index (χ0n) is 12.0. The fourth-order valence-corrected chi connectivity index (χ4v) is 3.66. The van der Waals surface area contributed by atoms with Crippen LogP contribution in [0.15, 0.2) is 39.9 Å². The highest BCUT2D eigenvalue weighted by molar-refractivity contribution is 7.86. The number of hydrogen-bond donors (Lipinski definition) is 0. The average Bonchev–Trinajstić information content (AvgIpc) is 2.95. The number of ether oxygens (including phenoxy) is 2. The topological polar surface area (TPSA) is 61.8 Å². The quantitative estimate of drug-likeness (QED) is 0.783. The molecular formula is C15H16O5S2. The Morgan fingerprint density at radius 1 is 1.23 bits per heavy atom. The van der Waals surface area contributed by atoms with Crippen molar-refractivity contribution in [1.82, 2.24) is 0 Å². The maximum Gasteiger partial charge on any atom is 0.296 e. The van der Waals surface area contributed by atoms with Crippen molar-refractivity contribution in [2.24, 2.45) is 0 Å². The van der Waals surface area contributed by atoms with Crippen molar-refractivity contribution in [3.05, 3.63) is 40.6 Å². The van der Waals surface area contributed by atoms with E-state index in [4.69, 9.17) is 13.7 Å². The second-order valence-corrected chi connectivity index (χ2v) is 7.39. The molecule has 2 aromatic rings. The van der Waals surface area contributed by atoms with Crippen LogP contribution in [0.3, 0.4) is 0 Å². The Morgan fingerprint density at radius 3 is 2.73 bits per heavy atom. The molecule has 1 aromatic heterocycles. The molecule has 7 heteroatoms. The molecule has 3 rings (SSSR count). The lowest BCUT2D eigenvalue weighted by Gasteiger charge is -2.24. The molecule has 0 amide bonds. The van der Waals surface area contributed by atoms with Gasteiger partial charge in [-0.15, -0.1) is 11.3 Å². The summed E-state index contributed by atoms with van der Waals surface area (Å²) in [7, 11) is -3.72. The van der Waals surface area contributed by atoms with Gasteiger partial charge in [-0.05, 0) is 19.1 Å². The Labute approximate surface area is 133 Å². The number of hydrogen-bond acceptors (Lipinski definition) is 6. The highest BCUT2D eigenvalue weighted by atomic mass is 32.2. The fraction of sp³-hybridized carbons (Fsp3) is 0.333. The SMILES string of the molecule is Cc1ccc(S(=O)(=O)OCCC2COc3cscc3O2)cc1. The molecule has 1 aliphatic heterocycles. The summed E-state index contributed by atoms with van der Waals surface area (Å²) in [6.45, 7) is 2.36. The lowest BCUT2D eigenvalue weighted by atomic mass is 10.2. The highest BCUT2D eigenvalue weighted by Gasteiger charge is 2.23. The molecule has 2 heterocycles. The summed E-state index contributed by atoms with van der Waals surface area (Å²) in [6, 6.07) is 6.57. The van der Waals surface area contributed by atoms with Crippen molar-refractivity contribution >= 4 is 21.5 Å². The third-order valence-corrected chi connectivity index (χ3v) is 5.33. The first kappa shape index (κ1) is 15.3. The van der Waals surface area contributed by atoms with E-state index in [0.29, 0.717) is 18.8 Å². The number of rotatable bonds is 5. The van der Waals surface area contributed by atoms with Crippen LogP contribution in [0, 0.1) is 6.92 Å². The van der Waals surface area contributed by atoms with Crippen molar-refractivity contribution in [2.45, 2.75) is 24.3 Å². The minimum absolute atomic E-state index is 0.0592. The van der Waals surface area contributed by atoms with E-state index < -0.39 is 10.1 Å². The Hall–Kier alpha value is -1.57. The molecule has 1 unspecified atom stereocenters. The molecule has 5 nitrogen and oxygen atoms in total. The van der Waals surface area contributed by atoms with Gasteiger partial charge >= 0.3 is 0 Å². The van der Waals surface area contributed by atoms with Crippen LogP contribution in [0.5, 0.6) is 11.5 Å². The minimum atomic E-state index is -3.72. The van der Waals surface area contributed by atoms with Crippen LogP contribution in [-0.4, -0.2) is 27.7 Å². The molecule has 22 heavy (non-hydrogen) atoms. The van der Waals surface area contributed by atoms with Crippen molar-refractivity contribution in [3.8, 4) is 11.5 Å². The standard InChI is InChI=1S/C15H16O5S2/c1-11-2-4-13(5-3-11)22(16,17)19-7-6-12-8-18-14-9-21-10-15(14)20-12/h2-5,9-10,12H,6-8H2,1H3. The van der Waals surface area contributed by atoms with Gasteiger partial charge in [0.1, 0.15) is 12.7 Å². The van der Waals surface area contributed by atoms with E-state index >= 15 is 0 Å². The van der Waals surface area contributed by atoms with Crippen LogP contribution >= 0.6 is 11.3 Å². The molecule has 0 fully saturated rings. The van der Waals surface area contributed by atoms with Crippen molar-refractivity contribution in [2.75, 3.05) is 13.2 Å². The van der Waals surface area contributed by atoms with E-state index in [2.05, 4.69) is 0 Å². The Morgan fingerprint density at radius 2 is 1.95 bits per heavy atom. The number of aryl methyl sites for hydroxylation is 1. The lowest BCUT2D eigenvalue weighted by molar-refractivity contribution is 0.0754. The molecule has 0 bridgehead atoms. The van der Waals surface area contributed by atoms with E-state index in [1.54, 1.807) is 24.3 Å². The Balaban J connectivity index is 1.54. The molecule has 0 N–H and O–H groups in total. The van der Waals surface area contributed by atoms with Crippen LogP contribution in [0.1, 0.15) is 12.0 Å². The summed E-state index contributed by atoms with van der Waals surface area (Å²) in [5, 5.41) is 3.75. The van der Waals surface area contributed by atoms with Gasteiger partial charge in [0, 0.05) is 17.2 Å². The summed E-state index contributed by atoms with van der Waals surface area (Å²) in [6.07, 6.45) is 0.246. The van der Waals surface area contributed by atoms with Gasteiger partial charge in [0.15, 0.2) is 11.5 Å². The maximum absolute atomic E-state index is 12.0. The van der Waals surface area contributed by atoms with Gasteiger partial charge in [-0.25, -0.2) is 0 Å². The third kappa shape index (κ3) is 3.43. The number of benzene rings is 1. The first-order chi connectivity index (χ1) is 10.5. The van der Waals surface area contributed by atoms with Gasteiger partial charge in [-0.3, -0.25) is 4.18 Å². The Bertz CT molecular complexity index is 734. The largest absolute Gasteiger partial charge is 0.485 e. The number of fused-ring (bicyclic) bond motifs is 1. The van der Waals surface area contributed by atoms with E-state index in [1.165, 1.54) is 11.3 Å². The van der Waals surface area contributed by atoms with Crippen LogP contribution in [-0.2, 0) is 14.3 Å². The van der Waals surface area contributed by atoms with Gasteiger partial charge in [-0.2, -0.15) is 8.42 Å². The first-order valence-corrected chi connectivity index (χ1v) is 9.21. The molecule has 0 saturated heterocycles. The van der Waals surface area contributed by atoms with Gasteiger partial charge in [0.05, 0.1) is 11.5 Å². The number of thiophene rings is 1. The summed E-state index contributed by atoms with van der Waals surface area (Å²) >= 11 is 1.51. The predicted octanol–water partition coefficient (Wildman–Crippen LogP) is 2.99. The maximum atomic E-state index is 12.0. The van der Waals surface area contributed by atoms with Crippen molar-refractivity contribution in [3.63, 3.8) is 0 Å². The molecule has 1 atom stereocenters. The van der Waals surface area contributed by atoms with Crippen LogP contribution in [0.4, 0.5) is 0 Å². The van der Waals surface area contributed by atoms with E-state index in [0.717, 1.165) is 11.3 Å². The molecule has 1 aliphatic rings. The molecule has 0 spiro atoms. The van der Waals surface area contributed by atoms with Gasteiger partial charge in [-0.1, -0.05) is 17.7 Å². The summed E-state index contributed by atoms with van der Waals surface area (Å²) < 4.78 is 40.4. The predicted molar refractivity (Wildman–Crippen MR) is 83.2 cm³/mol. The van der Waals surface area contributed by atoms with E-state index in [9.17, 15) is 8.42 Å². The van der Waals surface area contributed by atoms with Crippen LogP contribution < -0.4 is 9.47 Å². The average molecular weight is 340 g/mol. The fourth-order valence-electron chi connectivity index (χ4n) is 2.07. The molecule has 118 valence electrons. The molecule has 0 aliphatic carbocycles. The molecular weight excluding hydrogens is 324 g/mol. The first-order valence-electron chi connectivity index (χ1n) is 6.86. The van der Waals surface area contributed by atoms with E-state index in [-0.39, 0.29) is 17.6 Å². The zero-order valence-corrected chi connectivity index (χ0v) is 13.7. The lowest BCUT2D eigenvalue weighted by Crippen LogP contribution is -2.30. The van der Waals surface area contributed by atoms with Gasteiger partial charge in [0.2, 0.25) is 0 Å². The van der Waals surface area contributed by atoms with Gasteiger partial charge < -0.3 is 9.47 Å². The van der Waals surface area contributed by atoms with Crippen LogP contribution in [0.2, 0.25) is 0 Å². The van der Waals surface area contributed by atoms with Crippen molar-refractivity contribution in [1.29, 1.82) is 0 Å². The smallest absolute Gasteiger partial charge is 0.296 e. The minimum Gasteiger partial charge on any atom is -0.485 e. The Kier molecular flexibility index (Phi) is 4.37. The van der Waals surface area contributed by atoms with Crippen LogP contribution in [0.25, 0.3) is 0 Å². The second-order valence-electron chi connectivity index (χ2n) is 5.03. The molecule has 1 aromatic carbocycles. The summed E-state index contributed by atoms with van der Waals surface area (Å²) in [5.74, 6) is 1.46. The highest BCUT2D eigenvalue weighted by Crippen LogP contribution is 2.35. The van der Waals surface area contributed by atoms with E-state index in [1.807, 2.05) is 17.7 Å². The second kappa shape index (κ2) is 6.28. The monoisotopic (exact) mass is 340 g/mol. The molecule has 0 radical (unpaired) electrons. The zero-order chi connectivity index (χ0) is 15.6. The van der Waals surface area contributed by atoms with Crippen molar-refractivity contribution < 1.29 is 22.1 Å². The normalized spacial score (nSPS) is 17.4. The summed E-state index contributed by atoms with van der Waals surface area (Å²) in [4.78, 5) is 0.166.